The number of hydrogen-bond acceptors (Lipinski definition) is 4. The van der Waals surface area contributed by atoms with Crippen molar-refractivity contribution < 1.29 is 4.74 Å². The standard InChI is InChI=1S/C27H27N3O2/c1-30-15-13-22(14-16-30)28-21-11-9-19(10-12-21)20-5-4-6-23(17-20)32-26-18-27(31)29-25-8-3-2-7-24(25)26/h2-12,17-18,22,28H,13-16H2,1H3,(H,29,31). The van der Waals surface area contributed by atoms with Crippen LogP contribution in [0.15, 0.2) is 83.7 Å². The van der Waals surface area contributed by atoms with E-state index in [1.807, 2.05) is 42.5 Å². The number of piperidine rings is 1. The maximum Gasteiger partial charge on any atom is 0.252 e. The normalized spacial score (nSPS) is 15.0. The molecule has 1 aliphatic rings. The molecule has 0 radical (unpaired) electrons. The Hall–Kier alpha value is -3.57. The van der Waals surface area contributed by atoms with Gasteiger partial charge in [-0.05, 0) is 80.5 Å². The van der Waals surface area contributed by atoms with Crippen molar-refractivity contribution in [2.45, 2.75) is 18.9 Å². The minimum atomic E-state index is -0.178. The Bertz CT molecular complexity index is 1270. The average molecular weight is 426 g/mol. The molecular formula is C27H27N3O2. The first-order valence-corrected chi connectivity index (χ1v) is 11.1. The van der Waals surface area contributed by atoms with Crippen LogP contribution in [-0.2, 0) is 0 Å². The number of rotatable bonds is 5. The maximum atomic E-state index is 12.0. The highest BCUT2D eigenvalue weighted by Gasteiger charge is 2.16. The number of ether oxygens (including phenoxy) is 1. The van der Waals surface area contributed by atoms with Crippen LogP contribution >= 0.6 is 0 Å². The van der Waals surface area contributed by atoms with E-state index in [1.54, 1.807) is 0 Å². The average Bonchev–Trinajstić information content (AvgIpc) is 2.81. The van der Waals surface area contributed by atoms with Gasteiger partial charge in [0.05, 0.1) is 5.52 Å². The van der Waals surface area contributed by atoms with Crippen molar-refractivity contribution in [3.8, 4) is 22.6 Å². The fraction of sp³-hybridized carbons (Fsp3) is 0.222. The zero-order valence-electron chi connectivity index (χ0n) is 18.2. The van der Waals surface area contributed by atoms with Gasteiger partial charge in [0.1, 0.15) is 11.5 Å². The molecule has 2 heterocycles. The Balaban J connectivity index is 1.34. The number of para-hydroxylation sites is 1. The lowest BCUT2D eigenvalue weighted by molar-refractivity contribution is 0.264. The fourth-order valence-corrected chi connectivity index (χ4v) is 4.27. The Labute approximate surface area is 187 Å². The van der Waals surface area contributed by atoms with Gasteiger partial charge < -0.3 is 19.9 Å². The van der Waals surface area contributed by atoms with Gasteiger partial charge in [-0.3, -0.25) is 4.79 Å². The monoisotopic (exact) mass is 425 g/mol. The third kappa shape index (κ3) is 4.53. The summed E-state index contributed by atoms with van der Waals surface area (Å²) < 4.78 is 6.13. The Kier molecular flexibility index (Phi) is 5.65. The second-order valence-corrected chi connectivity index (χ2v) is 8.47. The summed E-state index contributed by atoms with van der Waals surface area (Å²) in [7, 11) is 2.18. The van der Waals surface area contributed by atoms with Crippen LogP contribution in [0.25, 0.3) is 22.0 Å². The lowest BCUT2D eigenvalue weighted by Crippen LogP contribution is -2.36. The van der Waals surface area contributed by atoms with Crippen LogP contribution in [0.3, 0.4) is 0 Å². The van der Waals surface area contributed by atoms with E-state index in [1.165, 1.54) is 18.9 Å². The van der Waals surface area contributed by atoms with Crippen molar-refractivity contribution in [1.82, 2.24) is 9.88 Å². The van der Waals surface area contributed by atoms with Crippen molar-refractivity contribution in [2.75, 3.05) is 25.5 Å². The van der Waals surface area contributed by atoms with Crippen LogP contribution in [-0.4, -0.2) is 36.1 Å². The number of nitrogens with one attached hydrogen (secondary N) is 2. The van der Waals surface area contributed by atoms with E-state index in [-0.39, 0.29) is 5.56 Å². The predicted molar refractivity (Wildman–Crippen MR) is 131 cm³/mol. The van der Waals surface area contributed by atoms with E-state index >= 15 is 0 Å². The van der Waals surface area contributed by atoms with Crippen LogP contribution < -0.4 is 15.6 Å². The Morgan fingerprint density at radius 2 is 1.69 bits per heavy atom. The van der Waals surface area contributed by atoms with E-state index in [4.69, 9.17) is 4.74 Å². The third-order valence-electron chi connectivity index (χ3n) is 6.08. The van der Waals surface area contributed by atoms with Crippen molar-refractivity contribution in [1.29, 1.82) is 0 Å². The zero-order chi connectivity index (χ0) is 21.9. The van der Waals surface area contributed by atoms with Gasteiger partial charge in [-0.2, -0.15) is 0 Å². The number of likely N-dealkylation sites (tertiary alicyclic amines) is 1. The summed E-state index contributed by atoms with van der Waals surface area (Å²) in [4.78, 5) is 17.3. The largest absolute Gasteiger partial charge is 0.456 e. The van der Waals surface area contributed by atoms with Gasteiger partial charge in [0.15, 0.2) is 0 Å². The molecule has 32 heavy (non-hydrogen) atoms. The molecule has 0 spiro atoms. The van der Waals surface area contributed by atoms with Crippen LogP contribution in [0, 0.1) is 0 Å². The molecule has 0 bridgehead atoms. The van der Waals surface area contributed by atoms with Gasteiger partial charge >= 0.3 is 0 Å². The van der Waals surface area contributed by atoms with Crippen molar-refractivity contribution >= 4 is 16.6 Å². The Morgan fingerprint density at radius 1 is 0.906 bits per heavy atom. The zero-order valence-corrected chi connectivity index (χ0v) is 18.2. The lowest BCUT2D eigenvalue weighted by atomic mass is 10.0. The highest BCUT2D eigenvalue weighted by Crippen LogP contribution is 2.31. The van der Waals surface area contributed by atoms with Crippen LogP contribution in [0.5, 0.6) is 11.5 Å². The highest BCUT2D eigenvalue weighted by atomic mass is 16.5. The molecule has 0 aliphatic carbocycles. The molecule has 0 amide bonds. The van der Waals surface area contributed by atoms with Crippen LogP contribution in [0.2, 0.25) is 0 Å². The molecular weight excluding hydrogens is 398 g/mol. The number of pyridine rings is 1. The first-order valence-electron chi connectivity index (χ1n) is 11.1. The second-order valence-electron chi connectivity index (χ2n) is 8.47. The summed E-state index contributed by atoms with van der Waals surface area (Å²) in [6.45, 7) is 2.29. The first kappa shape index (κ1) is 20.3. The van der Waals surface area contributed by atoms with E-state index in [0.717, 1.165) is 40.8 Å². The van der Waals surface area contributed by atoms with Crippen LogP contribution in [0.1, 0.15) is 12.8 Å². The lowest BCUT2D eigenvalue weighted by Gasteiger charge is -2.30. The molecule has 5 rings (SSSR count). The first-order chi connectivity index (χ1) is 15.6. The number of nitrogens with zero attached hydrogens (tertiary/aromatic N) is 1. The van der Waals surface area contributed by atoms with Gasteiger partial charge in [-0.25, -0.2) is 0 Å². The summed E-state index contributed by atoms with van der Waals surface area (Å²) in [5.74, 6) is 1.26. The molecule has 1 saturated heterocycles. The molecule has 1 aliphatic heterocycles. The maximum absolute atomic E-state index is 12.0. The molecule has 1 aromatic heterocycles. The number of aromatic nitrogens is 1. The molecule has 5 heteroatoms. The van der Waals surface area contributed by atoms with Gasteiger partial charge in [-0.15, -0.1) is 0 Å². The number of benzene rings is 3. The topological polar surface area (TPSA) is 57.4 Å². The smallest absolute Gasteiger partial charge is 0.252 e. The van der Waals surface area contributed by atoms with E-state index in [9.17, 15) is 4.79 Å². The molecule has 1 fully saturated rings. The van der Waals surface area contributed by atoms with E-state index in [0.29, 0.717) is 17.5 Å². The van der Waals surface area contributed by atoms with Crippen molar-refractivity contribution in [3.63, 3.8) is 0 Å². The minimum absolute atomic E-state index is 0.178. The molecule has 0 saturated carbocycles. The molecule has 5 nitrogen and oxygen atoms in total. The van der Waals surface area contributed by atoms with Gasteiger partial charge in [0.2, 0.25) is 0 Å². The molecule has 0 unspecified atom stereocenters. The molecule has 3 aromatic carbocycles. The quantitative estimate of drug-likeness (QED) is 0.444. The van der Waals surface area contributed by atoms with E-state index in [2.05, 4.69) is 52.6 Å². The molecule has 0 atom stereocenters. The SMILES string of the molecule is CN1CCC(Nc2ccc(-c3cccc(Oc4cc(=O)[nH]c5ccccc45)c3)cc2)CC1. The van der Waals surface area contributed by atoms with Gasteiger partial charge in [0, 0.05) is 23.2 Å². The molecule has 4 aromatic rings. The van der Waals surface area contributed by atoms with Gasteiger partial charge in [0.25, 0.3) is 5.56 Å². The summed E-state index contributed by atoms with van der Waals surface area (Å²) in [6, 6.07) is 26.2. The highest BCUT2D eigenvalue weighted by molar-refractivity contribution is 5.85. The Morgan fingerprint density at radius 3 is 2.50 bits per heavy atom. The molecule has 162 valence electrons. The number of H-pyrrole nitrogens is 1. The van der Waals surface area contributed by atoms with Crippen LogP contribution in [0.4, 0.5) is 5.69 Å². The fourth-order valence-electron chi connectivity index (χ4n) is 4.27. The number of aromatic amines is 1. The van der Waals surface area contributed by atoms with E-state index < -0.39 is 0 Å². The minimum Gasteiger partial charge on any atom is -0.456 e. The van der Waals surface area contributed by atoms with Crippen molar-refractivity contribution in [3.05, 3.63) is 89.2 Å². The molecule has 2 N–H and O–H groups in total. The number of hydrogen-bond donors (Lipinski definition) is 2. The summed E-state index contributed by atoms with van der Waals surface area (Å²) in [6.07, 6.45) is 2.35. The third-order valence-corrected chi connectivity index (χ3v) is 6.08. The second kappa shape index (κ2) is 8.89. The predicted octanol–water partition coefficient (Wildman–Crippen LogP) is 5.49. The number of fused-ring (bicyclic) bond motifs is 1. The summed E-state index contributed by atoms with van der Waals surface area (Å²) in [5.41, 5.74) is 3.94. The number of anilines is 1. The summed E-state index contributed by atoms with van der Waals surface area (Å²) >= 11 is 0. The summed E-state index contributed by atoms with van der Waals surface area (Å²) in [5, 5.41) is 4.54. The van der Waals surface area contributed by atoms with Gasteiger partial charge in [-0.1, -0.05) is 36.4 Å². The van der Waals surface area contributed by atoms with Crippen molar-refractivity contribution in [2.24, 2.45) is 0 Å².